The summed E-state index contributed by atoms with van der Waals surface area (Å²) >= 11 is 0. The van der Waals surface area contributed by atoms with E-state index in [2.05, 4.69) is 5.10 Å². The van der Waals surface area contributed by atoms with Gasteiger partial charge in [0.2, 0.25) is 0 Å². The number of carbonyl (C=O) groups excluding carboxylic acids is 1. The monoisotopic (exact) mass is 194 g/mol. The lowest BCUT2D eigenvalue weighted by Gasteiger charge is -1.94. The first-order chi connectivity index (χ1) is 6.50. The van der Waals surface area contributed by atoms with Gasteiger partial charge in [-0.15, -0.1) is 0 Å². The van der Waals surface area contributed by atoms with Crippen molar-refractivity contribution in [1.29, 1.82) is 0 Å². The van der Waals surface area contributed by atoms with Gasteiger partial charge in [0, 0.05) is 6.20 Å². The van der Waals surface area contributed by atoms with Gasteiger partial charge in [-0.3, -0.25) is 9.48 Å². The first kappa shape index (κ1) is 10.3. The molecular weight excluding hydrogens is 180 g/mol. The average molecular weight is 194 g/mol. The minimum Gasteiger partial charge on any atom is -0.396 e. The molecule has 0 atom stereocenters. The van der Waals surface area contributed by atoms with Crippen LogP contribution in [0.15, 0.2) is 17.8 Å². The molecule has 1 heterocycles. The number of allylic oxidation sites excluding steroid dienone is 2. The van der Waals surface area contributed by atoms with Crippen molar-refractivity contribution in [2.75, 3.05) is 5.73 Å². The van der Waals surface area contributed by atoms with Crippen molar-refractivity contribution >= 4 is 11.6 Å². The van der Waals surface area contributed by atoms with Gasteiger partial charge in [-0.2, -0.15) is 5.10 Å². The maximum atomic E-state index is 10.8. The number of carbonyl (C=O) groups is 1. The van der Waals surface area contributed by atoms with Crippen LogP contribution in [-0.4, -0.2) is 15.7 Å². The van der Waals surface area contributed by atoms with Gasteiger partial charge in [-0.1, -0.05) is 11.6 Å². The van der Waals surface area contributed by atoms with Crippen LogP contribution in [0.1, 0.15) is 24.3 Å². The molecule has 0 unspecified atom stereocenters. The van der Waals surface area contributed by atoms with Crippen molar-refractivity contribution in [3.63, 3.8) is 0 Å². The molecule has 14 heavy (non-hydrogen) atoms. The average Bonchev–Trinajstić information content (AvgIpc) is 2.43. The number of rotatable bonds is 3. The Bertz CT molecular complexity index is 374. The highest BCUT2D eigenvalue weighted by Gasteiger charge is 2.10. The molecular formula is C9H14N4O. The zero-order valence-corrected chi connectivity index (χ0v) is 8.32. The Kier molecular flexibility index (Phi) is 2.91. The van der Waals surface area contributed by atoms with Gasteiger partial charge < -0.3 is 11.5 Å². The van der Waals surface area contributed by atoms with E-state index in [1.807, 2.05) is 19.9 Å². The first-order valence-electron chi connectivity index (χ1n) is 4.27. The largest absolute Gasteiger partial charge is 0.396 e. The maximum absolute atomic E-state index is 10.8. The van der Waals surface area contributed by atoms with Crippen LogP contribution in [0.5, 0.6) is 0 Å². The number of anilines is 1. The van der Waals surface area contributed by atoms with E-state index in [4.69, 9.17) is 11.5 Å². The summed E-state index contributed by atoms with van der Waals surface area (Å²) in [5, 5.41) is 3.95. The van der Waals surface area contributed by atoms with Gasteiger partial charge in [-0.25, -0.2) is 0 Å². The lowest BCUT2D eigenvalue weighted by atomic mass is 10.3. The number of amides is 1. The Morgan fingerprint density at radius 3 is 2.71 bits per heavy atom. The molecule has 1 aromatic heterocycles. The lowest BCUT2D eigenvalue weighted by Crippen LogP contribution is -2.14. The first-order valence-corrected chi connectivity index (χ1v) is 4.27. The van der Waals surface area contributed by atoms with Crippen molar-refractivity contribution < 1.29 is 4.79 Å². The number of nitrogens with two attached hydrogens (primary N) is 2. The summed E-state index contributed by atoms with van der Waals surface area (Å²) in [6, 6.07) is 0. The molecule has 1 amide bonds. The Labute approximate surface area is 82.4 Å². The van der Waals surface area contributed by atoms with Crippen LogP contribution in [0, 0.1) is 0 Å². The molecule has 0 aromatic carbocycles. The molecule has 0 saturated carbocycles. The molecule has 0 aliphatic rings. The standard InChI is InChI=1S/C9H14N4O/c1-6(2)3-4-13-5-7(10)8(12-13)9(11)14/h3,5H,4,10H2,1-2H3,(H2,11,14). The molecule has 0 aliphatic carbocycles. The van der Waals surface area contributed by atoms with Crippen LogP contribution in [0.4, 0.5) is 5.69 Å². The number of nitrogen functional groups attached to an aromatic ring is 1. The SMILES string of the molecule is CC(C)=CCn1cc(N)c(C(N)=O)n1. The molecule has 1 rings (SSSR count). The molecule has 0 fully saturated rings. The second kappa shape index (κ2) is 3.95. The molecule has 0 spiro atoms. The van der Waals surface area contributed by atoms with Crippen molar-refractivity contribution in [1.82, 2.24) is 9.78 Å². The minimum absolute atomic E-state index is 0.132. The van der Waals surface area contributed by atoms with Crippen LogP contribution in [0.25, 0.3) is 0 Å². The van der Waals surface area contributed by atoms with E-state index >= 15 is 0 Å². The molecule has 1 aromatic rings. The number of aromatic nitrogens is 2. The summed E-state index contributed by atoms with van der Waals surface area (Å²) in [4.78, 5) is 10.8. The van der Waals surface area contributed by atoms with Crippen LogP contribution in [-0.2, 0) is 6.54 Å². The summed E-state index contributed by atoms with van der Waals surface area (Å²) in [7, 11) is 0. The van der Waals surface area contributed by atoms with Gasteiger partial charge in [0.25, 0.3) is 5.91 Å². The van der Waals surface area contributed by atoms with Crippen molar-refractivity contribution in [2.24, 2.45) is 5.73 Å². The van der Waals surface area contributed by atoms with Gasteiger partial charge >= 0.3 is 0 Å². The van der Waals surface area contributed by atoms with Crippen LogP contribution >= 0.6 is 0 Å². The molecule has 5 nitrogen and oxygen atoms in total. The predicted molar refractivity (Wildman–Crippen MR) is 54.6 cm³/mol. The fourth-order valence-corrected chi connectivity index (χ4v) is 0.998. The number of hydrogen-bond donors (Lipinski definition) is 2. The van der Waals surface area contributed by atoms with E-state index in [1.54, 1.807) is 10.9 Å². The summed E-state index contributed by atoms with van der Waals surface area (Å²) in [6.45, 7) is 4.57. The van der Waals surface area contributed by atoms with E-state index in [9.17, 15) is 4.79 Å². The quantitative estimate of drug-likeness (QED) is 0.688. The van der Waals surface area contributed by atoms with Crippen LogP contribution in [0.2, 0.25) is 0 Å². The molecule has 4 N–H and O–H groups in total. The van der Waals surface area contributed by atoms with Crippen LogP contribution in [0.3, 0.4) is 0 Å². The Morgan fingerprint density at radius 1 is 1.64 bits per heavy atom. The summed E-state index contributed by atoms with van der Waals surface area (Å²) < 4.78 is 1.59. The van der Waals surface area contributed by atoms with Crippen molar-refractivity contribution in [2.45, 2.75) is 20.4 Å². The highest BCUT2D eigenvalue weighted by Crippen LogP contribution is 2.08. The van der Waals surface area contributed by atoms with E-state index in [1.165, 1.54) is 5.57 Å². The zero-order chi connectivity index (χ0) is 10.7. The number of primary amides is 1. The van der Waals surface area contributed by atoms with Crippen molar-refractivity contribution in [3.05, 3.63) is 23.5 Å². The topological polar surface area (TPSA) is 86.9 Å². The molecule has 76 valence electrons. The van der Waals surface area contributed by atoms with E-state index in [0.29, 0.717) is 12.2 Å². The fourth-order valence-electron chi connectivity index (χ4n) is 0.998. The van der Waals surface area contributed by atoms with Gasteiger partial charge in [0.1, 0.15) is 0 Å². The lowest BCUT2D eigenvalue weighted by molar-refractivity contribution is 0.0995. The summed E-state index contributed by atoms with van der Waals surface area (Å²) in [5.41, 5.74) is 12.2. The molecule has 0 radical (unpaired) electrons. The maximum Gasteiger partial charge on any atom is 0.271 e. The summed E-state index contributed by atoms with van der Waals surface area (Å²) in [5.74, 6) is -0.599. The van der Waals surface area contributed by atoms with E-state index < -0.39 is 5.91 Å². The smallest absolute Gasteiger partial charge is 0.271 e. The highest BCUT2D eigenvalue weighted by atomic mass is 16.1. The van der Waals surface area contributed by atoms with E-state index in [0.717, 1.165) is 0 Å². The third kappa shape index (κ3) is 2.35. The Morgan fingerprint density at radius 2 is 2.29 bits per heavy atom. The third-order valence-electron chi connectivity index (χ3n) is 1.71. The zero-order valence-electron chi connectivity index (χ0n) is 8.32. The van der Waals surface area contributed by atoms with Gasteiger partial charge in [0.15, 0.2) is 5.69 Å². The number of hydrogen-bond acceptors (Lipinski definition) is 3. The normalized spacial score (nSPS) is 9.86. The number of nitrogens with zero attached hydrogens (tertiary/aromatic N) is 2. The fraction of sp³-hybridized carbons (Fsp3) is 0.333. The van der Waals surface area contributed by atoms with Crippen molar-refractivity contribution in [3.8, 4) is 0 Å². The van der Waals surface area contributed by atoms with Gasteiger partial charge in [-0.05, 0) is 13.8 Å². The third-order valence-corrected chi connectivity index (χ3v) is 1.71. The molecule has 5 heteroatoms. The second-order valence-electron chi connectivity index (χ2n) is 3.30. The molecule has 0 aliphatic heterocycles. The van der Waals surface area contributed by atoms with Crippen LogP contribution < -0.4 is 11.5 Å². The summed E-state index contributed by atoms with van der Waals surface area (Å²) in [6.07, 6.45) is 3.58. The van der Waals surface area contributed by atoms with Gasteiger partial charge in [0.05, 0.1) is 12.2 Å². The Hall–Kier alpha value is -1.78. The Balaban J connectivity index is 2.86. The van der Waals surface area contributed by atoms with E-state index in [-0.39, 0.29) is 5.69 Å². The minimum atomic E-state index is -0.599. The molecule has 0 bridgehead atoms. The molecule has 0 saturated heterocycles. The predicted octanol–water partition coefficient (Wildman–Crippen LogP) is 0.530. The second-order valence-corrected chi connectivity index (χ2v) is 3.30. The highest BCUT2D eigenvalue weighted by molar-refractivity contribution is 5.95.